The summed E-state index contributed by atoms with van der Waals surface area (Å²) in [5, 5.41) is 0. The molecule has 0 aromatic heterocycles. The van der Waals surface area contributed by atoms with Gasteiger partial charge in [-0.05, 0) is 37.1 Å². The fourth-order valence-corrected chi connectivity index (χ4v) is 4.76. The summed E-state index contributed by atoms with van der Waals surface area (Å²) in [6.07, 6.45) is 0. The second kappa shape index (κ2) is 8.10. The Balaban J connectivity index is 1.58. The van der Waals surface area contributed by atoms with Crippen LogP contribution < -0.4 is 4.74 Å². The van der Waals surface area contributed by atoms with E-state index >= 15 is 0 Å². The van der Waals surface area contributed by atoms with Crippen molar-refractivity contribution in [1.29, 1.82) is 0 Å². The first-order valence-corrected chi connectivity index (χ1v) is 10.4. The zero-order valence-electron chi connectivity index (χ0n) is 15.6. The number of hydrogen-bond acceptors (Lipinski definition) is 4. The third kappa shape index (κ3) is 4.31. The molecule has 1 amide bonds. The van der Waals surface area contributed by atoms with Gasteiger partial charge in [-0.15, -0.1) is 0 Å². The van der Waals surface area contributed by atoms with Crippen LogP contribution in [0.25, 0.3) is 0 Å². The number of carbonyl (C=O) groups is 1. The third-order valence-electron chi connectivity index (χ3n) is 4.75. The second-order valence-corrected chi connectivity index (χ2v) is 8.51. The third-order valence-corrected chi connectivity index (χ3v) is 6.81. The minimum absolute atomic E-state index is 0.0462. The van der Waals surface area contributed by atoms with Crippen LogP contribution in [0.3, 0.4) is 0 Å². The quantitative estimate of drug-likeness (QED) is 0.788. The zero-order chi connectivity index (χ0) is 19.4. The van der Waals surface area contributed by atoms with Crippen LogP contribution in [-0.2, 0) is 14.8 Å². The van der Waals surface area contributed by atoms with Crippen molar-refractivity contribution in [3.05, 3.63) is 59.7 Å². The highest BCUT2D eigenvalue weighted by atomic mass is 32.2. The Kier molecular flexibility index (Phi) is 5.82. The number of aryl methyl sites for hydroxylation is 2. The Morgan fingerprint density at radius 2 is 1.52 bits per heavy atom. The van der Waals surface area contributed by atoms with E-state index in [4.69, 9.17) is 4.74 Å². The average Bonchev–Trinajstić information content (AvgIpc) is 2.67. The van der Waals surface area contributed by atoms with Gasteiger partial charge in [-0.2, -0.15) is 4.31 Å². The highest BCUT2D eigenvalue weighted by Gasteiger charge is 2.30. The molecule has 2 aromatic carbocycles. The Bertz CT molecular complexity index is 919. The van der Waals surface area contributed by atoms with Crippen molar-refractivity contribution < 1.29 is 17.9 Å². The van der Waals surface area contributed by atoms with Crippen LogP contribution in [0.1, 0.15) is 11.1 Å². The van der Waals surface area contributed by atoms with E-state index in [1.807, 2.05) is 37.3 Å². The molecule has 0 unspecified atom stereocenters. The smallest absolute Gasteiger partial charge is 0.260 e. The predicted molar refractivity (Wildman–Crippen MR) is 103 cm³/mol. The van der Waals surface area contributed by atoms with Gasteiger partial charge in [0.15, 0.2) is 6.61 Å². The van der Waals surface area contributed by atoms with Gasteiger partial charge in [0, 0.05) is 26.2 Å². The first-order valence-electron chi connectivity index (χ1n) is 8.91. The van der Waals surface area contributed by atoms with Gasteiger partial charge in [0.25, 0.3) is 5.91 Å². The van der Waals surface area contributed by atoms with Gasteiger partial charge in [-0.25, -0.2) is 8.42 Å². The van der Waals surface area contributed by atoms with Crippen molar-refractivity contribution in [2.75, 3.05) is 32.8 Å². The molecule has 1 aliphatic heterocycles. The molecule has 1 heterocycles. The molecule has 0 bridgehead atoms. The first kappa shape index (κ1) is 19.4. The van der Waals surface area contributed by atoms with E-state index in [0.717, 1.165) is 11.1 Å². The molecule has 0 saturated carbocycles. The fourth-order valence-electron chi connectivity index (χ4n) is 3.11. The highest BCUT2D eigenvalue weighted by molar-refractivity contribution is 7.89. The van der Waals surface area contributed by atoms with E-state index in [-0.39, 0.29) is 25.6 Å². The molecule has 7 heteroatoms. The van der Waals surface area contributed by atoms with Gasteiger partial charge < -0.3 is 9.64 Å². The van der Waals surface area contributed by atoms with E-state index in [1.165, 1.54) is 4.31 Å². The lowest BCUT2D eigenvalue weighted by atomic mass is 10.2. The molecule has 0 atom stereocenters. The summed E-state index contributed by atoms with van der Waals surface area (Å²) in [5.41, 5.74) is 1.70. The van der Waals surface area contributed by atoms with Gasteiger partial charge >= 0.3 is 0 Å². The van der Waals surface area contributed by atoms with Gasteiger partial charge in [0.2, 0.25) is 10.0 Å². The maximum absolute atomic E-state index is 12.8. The summed E-state index contributed by atoms with van der Waals surface area (Å²) in [5.74, 6) is 0.554. The summed E-state index contributed by atoms with van der Waals surface area (Å²) in [7, 11) is -3.54. The van der Waals surface area contributed by atoms with E-state index < -0.39 is 10.0 Å². The predicted octanol–water partition coefficient (Wildman–Crippen LogP) is 2.22. The molecule has 1 aliphatic rings. The molecule has 27 heavy (non-hydrogen) atoms. The van der Waals surface area contributed by atoms with E-state index in [2.05, 4.69) is 0 Å². The first-order chi connectivity index (χ1) is 12.9. The topological polar surface area (TPSA) is 66.9 Å². The number of piperazine rings is 1. The van der Waals surface area contributed by atoms with Crippen LogP contribution in [0, 0.1) is 13.8 Å². The standard InChI is InChI=1S/C20H24N2O4S/c1-16-7-3-5-9-18(16)26-15-20(23)21-11-13-22(14-12-21)27(24,25)19-10-6-4-8-17(19)2/h3-10H,11-15H2,1-2H3. The van der Waals surface area contributed by atoms with Gasteiger partial charge in [-0.1, -0.05) is 36.4 Å². The second-order valence-electron chi connectivity index (χ2n) is 6.60. The van der Waals surface area contributed by atoms with Gasteiger partial charge in [0.05, 0.1) is 4.90 Å². The Labute approximate surface area is 160 Å². The molecule has 3 rings (SSSR count). The summed E-state index contributed by atoms with van der Waals surface area (Å²) in [6, 6.07) is 14.5. The molecule has 0 spiro atoms. The van der Waals surface area contributed by atoms with E-state index in [0.29, 0.717) is 23.7 Å². The van der Waals surface area contributed by atoms with Crippen molar-refractivity contribution in [3.8, 4) is 5.75 Å². The van der Waals surface area contributed by atoms with E-state index in [1.54, 1.807) is 30.0 Å². The van der Waals surface area contributed by atoms with Gasteiger partial charge in [-0.3, -0.25) is 4.79 Å². The van der Waals surface area contributed by atoms with E-state index in [9.17, 15) is 13.2 Å². The molecule has 6 nitrogen and oxygen atoms in total. The zero-order valence-corrected chi connectivity index (χ0v) is 16.4. The Morgan fingerprint density at radius 1 is 0.926 bits per heavy atom. The number of carbonyl (C=O) groups excluding carboxylic acids is 1. The van der Waals surface area contributed by atoms with Crippen molar-refractivity contribution in [2.45, 2.75) is 18.7 Å². The lowest BCUT2D eigenvalue weighted by Crippen LogP contribution is -2.51. The van der Waals surface area contributed by atoms with Crippen molar-refractivity contribution in [1.82, 2.24) is 9.21 Å². The van der Waals surface area contributed by atoms with Crippen molar-refractivity contribution in [2.24, 2.45) is 0 Å². The van der Waals surface area contributed by atoms with Crippen molar-refractivity contribution in [3.63, 3.8) is 0 Å². The fraction of sp³-hybridized carbons (Fsp3) is 0.350. The lowest BCUT2D eigenvalue weighted by Gasteiger charge is -2.34. The Morgan fingerprint density at radius 3 is 2.15 bits per heavy atom. The summed E-state index contributed by atoms with van der Waals surface area (Å²) in [4.78, 5) is 14.4. The lowest BCUT2D eigenvalue weighted by molar-refractivity contribution is -0.134. The van der Waals surface area contributed by atoms with Crippen LogP contribution >= 0.6 is 0 Å². The number of benzene rings is 2. The summed E-state index contributed by atoms with van der Waals surface area (Å²) in [6.45, 7) is 4.96. The van der Waals surface area contributed by atoms with Crippen LogP contribution in [0.4, 0.5) is 0 Å². The highest BCUT2D eigenvalue weighted by Crippen LogP contribution is 2.21. The monoisotopic (exact) mass is 388 g/mol. The maximum Gasteiger partial charge on any atom is 0.260 e. The molecule has 2 aromatic rings. The van der Waals surface area contributed by atoms with Gasteiger partial charge in [0.1, 0.15) is 5.75 Å². The number of hydrogen-bond donors (Lipinski definition) is 0. The van der Waals surface area contributed by atoms with Crippen LogP contribution in [0.15, 0.2) is 53.4 Å². The van der Waals surface area contributed by atoms with Crippen molar-refractivity contribution >= 4 is 15.9 Å². The largest absolute Gasteiger partial charge is 0.484 e. The minimum atomic E-state index is -3.54. The molecule has 144 valence electrons. The average molecular weight is 388 g/mol. The summed E-state index contributed by atoms with van der Waals surface area (Å²) >= 11 is 0. The maximum atomic E-state index is 12.8. The molecular formula is C20H24N2O4S. The number of rotatable bonds is 5. The summed E-state index contributed by atoms with van der Waals surface area (Å²) < 4.78 is 32.7. The molecule has 0 N–H and O–H groups in total. The molecule has 1 fully saturated rings. The normalized spacial score (nSPS) is 15.6. The molecular weight excluding hydrogens is 364 g/mol. The SMILES string of the molecule is Cc1ccccc1OCC(=O)N1CCN(S(=O)(=O)c2ccccc2C)CC1. The van der Waals surface area contributed by atoms with Crippen LogP contribution in [0.5, 0.6) is 5.75 Å². The number of sulfonamides is 1. The molecule has 1 saturated heterocycles. The Hall–Kier alpha value is -2.38. The minimum Gasteiger partial charge on any atom is -0.484 e. The number of nitrogens with zero attached hydrogens (tertiary/aromatic N) is 2. The molecule has 0 aliphatic carbocycles. The van der Waals surface area contributed by atoms with Crippen LogP contribution in [-0.4, -0.2) is 56.3 Å². The number of ether oxygens (including phenoxy) is 1. The molecule has 0 radical (unpaired) electrons. The number of amides is 1. The van der Waals surface area contributed by atoms with Crippen LogP contribution in [0.2, 0.25) is 0 Å². The number of para-hydroxylation sites is 1.